The van der Waals surface area contributed by atoms with Crippen molar-refractivity contribution in [3.05, 3.63) is 70.8 Å². The van der Waals surface area contributed by atoms with Gasteiger partial charge in [-0.25, -0.2) is 0 Å². The minimum atomic E-state index is -0.675. The molecule has 0 saturated carbocycles. The normalized spacial score (nSPS) is 22.9. The predicted molar refractivity (Wildman–Crippen MR) is 114 cm³/mol. The lowest BCUT2D eigenvalue weighted by Gasteiger charge is -2.21. The van der Waals surface area contributed by atoms with Gasteiger partial charge in [0.1, 0.15) is 6.04 Å². The van der Waals surface area contributed by atoms with Crippen LogP contribution in [0.15, 0.2) is 48.5 Å². The molecule has 2 N–H and O–H groups in total. The van der Waals surface area contributed by atoms with Crippen molar-refractivity contribution in [2.75, 3.05) is 13.1 Å². The van der Waals surface area contributed by atoms with Gasteiger partial charge in [0.25, 0.3) is 5.91 Å². The molecule has 2 heterocycles. The van der Waals surface area contributed by atoms with E-state index in [0.29, 0.717) is 38.0 Å². The molecule has 2 fully saturated rings. The minimum Gasteiger partial charge on any atom is -0.350 e. The molecule has 0 aromatic heterocycles. The standard InChI is InChI=1S/C24H27N3O3/c1-16-8-9-17(2)19(12-16)14-25-21(28)20-13-24(23(30)26-20)10-11-27(15-24)22(29)18-6-4-3-5-7-18/h3-9,12,20H,10-11,13-15H2,1-2H3,(H,25,28)(H,26,30)/t20-,24+/m0/s1. The zero-order valence-electron chi connectivity index (χ0n) is 17.4. The lowest BCUT2D eigenvalue weighted by Crippen LogP contribution is -2.41. The summed E-state index contributed by atoms with van der Waals surface area (Å²) >= 11 is 0. The Morgan fingerprint density at radius 1 is 1.17 bits per heavy atom. The third kappa shape index (κ3) is 3.82. The zero-order chi connectivity index (χ0) is 21.3. The van der Waals surface area contributed by atoms with Gasteiger partial charge < -0.3 is 15.5 Å². The Labute approximate surface area is 176 Å². The van der Waals surface area contributed by atoms with Crippen LogP contribution in [-0.2, 0) is 16.1 Å². The number of amides is 3. The monoisotopic (exact) mass is 405 g/mol. The number of aryl methyl sites for hydroxylation is 2. The first-order valence-corrected chi connectivity index (χ1v) is 10.4. The maximum absolute atomic E-state index is 12.8. The first kappa shape index (κ1) is 20.1. The van der Waals surface area contributed by atoms with Gasteiger partial charge in [0.05, 0.1) is 5.41 Å². The van der Waals surface area contributed by atoms with Crippen LogP contribution in [-0.4, -0.2) is 41.8 Å². The van der Waals surface area contributed by atoms with Gasteiger partial charge in [-0.3, -0.25) is 14.4 Å². The summed E-state index contributed by atoms with van der Waals surface area (Å²) in [6.07, 6.45) is 1.00. The van der Waals surface area contributed by atoms with Crippen LogP contribution in [0.3, 0.4) is 0 Å². The zero-order valence-corrected chi connectivity index (χ0v) is 17.4. The van der Waals surface area contributed by atoms with E-state index in [-0.39, 0.29) is 17.7 Å². The SMILES string of the molecule is Cc1ccc(C)c(CNC(=O)[C@@H]2C[C@@]3(CCN(C(=O)c4ccccc4)C3)C(=O)N2)c1. The number of nitrogens with one attached hydrogen (secondary N) is 2. The molecule has 0 bridgehead atoms. The van der Waals surface area contributed by atoms with E-state index in [2.05, 4.69) is 16.7 Å². The summed E-state index contributed by atoms with van der Waals surface area (Å²) in [7, 11) is 0. The summed E-state index contributed by atoms with van der Waals surface area (Å²) in [6, 6.07) is 14.7. The fourth-order valence-electron chi connectivity index (χ4n) is 4.46. The molecule has 1 spiro atoms. The van der Waals surface area contributed by atoms with Gasteiger partial charge in [-0.2, -0.15) is 0 Å². The summed E-state index contributed by atoms with van der Waals surface area (Å²) in [5, 5.41) is 5.82. The second kappa shape index (κ2) is 7.94. The maximum Gasteiger partial charge on any atom is 0.253 e. The van der Waals surface area contributed by atoms with Gasteiger partial charge in [0.15, 0.2) is 0 Å². The summed E-state index contributed by atoms with van der Waals surface area (Å²) in [5.74, 6) is -0.366. The highest BCUT2D eigenvalue weighted by atomic mass is 16.2. The van der Waals surface area contributed by atoms with Crippen LogP contribution in [0.1, 0.15) is 39.9 Å². The molecule has 0 aliphatic carbocycles. The van der Waals surface area contributed by atoms with Crippen LogP contribution in [0.2, 0.25) is 0 Å². The van der Waals surface area contributed by atoms with Gasteiger partial charge in [0, 0.05) is 25.2 Å². The first-order valence-electron chi connectivity index (χ1n) is 10.4. The van der Waals surface area contributed by atoms with Crippen molar-refractivity contribution >= 4 is 17.7 Å². The highest BCUT2D eigenvalue weighted by Crippen LogP contribution is 2.40. The molecule has 2 aliphatic rings. The number of carbonyl (C=O) groups is 3. The maximum atomic E-state index is 12.8. The third-order valence-corrected chi connectivity index (χ3v) is 6.32. The minimum absolute atomic E-state index is 0.0666. The molecule has 6 nitrogen and oxygen atoms in total. The van der Waals surface area contributed by atoms with Gasteiger partial charge in [-0.05, 0) is 49.9 Å². The molecule has 6 heteroatoms. The number of nitrogens with zero attached hydrogens (tertiary/aromatic N) is 1. The summed E-state index contributed by atoms with van der Waals surface area (Å²) in [5.41, 5.74) is 3.29. The van der Waals surface area contributed by atoms with Crippen molar-refractivity contribution in [3.63, 3.8) is 0 Å². The van der Waals surface area contributed by atoms with Crippen LogP contribution in [0.25, 0.3) is 0 Å². The molecule has 2 aromatic rings. The van der Waals surface area contributed by atoms with Crippen molar-refractivity contribution in [2.45, 2.75) is 39.3 Å². The summed E-state index contributed by atoms with van der Waals surface area (Å²) in [4.78, 5) is 40.0. The van der Waals surface area contributed by atoms with Gasteiger partial charge >= 0.3 is 0 Å². The number of likely N-dealkylation sites (tertiary alicyclic amines) is 1. The van der Waals surface area contributed by atoms with E-state index in [4.69, 9.17) is 0 Å². The van der Waals surface area contributed by atoms with Gasteiger partial charge in [-0.1, -0.05) is 42.0 Å². The average molecular weight is 405 g/mol. The van der Waals surface area contributed by atoms with Crippen molar-refractivity contribution in [2.24, 2.45) is 5.41 Å². The molecule has 2 aromatic carbocycles. The number of hydrogen-bond donors (Lipinski definition) is 2. The molecule has 2 aliphatic heterocycles. The van der Waals surface area contributed by atoms with E-state index in [9.17, 15) is 14.4 Å². The van der Waals surface area contributed by atoms with E-state index >= 15 is 0 Å². The smallest absolute Gasteiger partial charge is 0.253 e. The predicted octanol–water partition coefficient (Wildman–Crippen LogP) is 2.34. The molecule has 3 amide bonds. The van der Waals surface area contributed by atoms with Crippen molar-refractivity contribution < 1.29 is 14.4 Å². The third-order valence-electron chi connectivity index (χ3n) is 6.32. The van der Waals surface area contributed by atoms with Crippen molar-refractivity contribution in [3.8, 4) is 0 Å². The lowest BCUT2D eigenvalue weighted by molar-refractivity contribution is -0.128. The Bertz CT molecular complexity index is 988. The van der Waals surface area contributed by atoms with E-state index < -0.39 is 11.5 Å². The second-order valence-electron chi connectivity index (χ2n) is 8.50. The van der Waals surface area contributed by atoms with E-state index in [1.54, 1.807) is 17.0 Å². The van der Waals surface area contributed by atoms with Crippen LogP contribution in [0.4, 0.5) is 0 Å². The lowest BCUT2D eigenvalue weighted by atomic mass is 9.84. The molecule has 0 unspecified atom stereocenters. The molecule has 0 radical (unpaired) electrons. The Morgan fingerprint density at radius 3 is 2.70 bits per heavy atom. The first-order chi connectivity index (χ1) is 14.4. The molecular weight excluding hydrogens is 378 g/mol. The van der Waals surface area contributed by atoms with Crippen molar-refractivity contribution in [1.82, 2.24) is 15.5 Å². The average Bonchev–Trinajstić information content (AvgIpc) is 3.33. The number of carbonyl (C=O) groups excluding carboxylic acids is 3. The Balaban J connectivity index is 1.38. The van der Waals surface area contributed by atoms with Crippen LogP contribution < -0.4 is 10.6 Å². The van der Waals surface area contributed by atoms with E-state index in [1.807, 2.05) is 44.2 Å². The Morgan fingerprint density at radius 2 is 1.93 bits per heavy atom. The number of benzene rings is 2. The van der Waals surface area contributed by atoms with Gasteiger partial charge in [-0.15, -0.1) is 0 Å². The number of hydrogen-bond acceptors (Lipinski definition) is 3. The molecular formula is C24H27N3O3. The van der Waals surface area contributed by atoms with Crippen molar-refractivity contribution in [1.29, 1.82) is 0 Å². The summed E-state index contributed by atoms with van der Waals surface area (Å²) < 4.78 is 0. The molecule has 2 saturated heterocycles. The van der Waals surface area contributed by atoms with Crippen LogP contribution in [0, 0.1) is 19.3 Å². The van der Waals surface area contributed by atoms with E-state index in [0.717, 1.165) is 16.7 Å². The summed E-state index contributed by atoms with van der Waals surface area (Å²) in [6.45, 7) is 5.36. The molecule has 2 atom stereocenters. The Hall–Kier alpha value is -3.15. The topological polar surface area (TPSA) is 78.5 Å². The molecule has 4 rings (SSSR count). The van der Waals surface area contributed by atoms with Crippen LogP contribution in [0.5, 0.6) is 0 Å². The van der Waals surface area contributed by atoms with Gasteiger partial charge in [0.2, 0.25) is 11.8 Å². The fourth-order valence-corrected chi connectivity index (χ4v) is 4.46. The molecule has 156 valence electrons. The second-order valence-corrected chi connectivity index (χ2v) is 8.50. The highest BCUT2D eigenvalue weighted by Gasteiger charge is 2.53. The molecule has 30 heavy (non-hydrogen) atoms. The largest absolute Gasteiger partial charge is 0.350 e. The highest BCUT2D eigenvalue weighted by molar-refractivity contribution is 5.97. The number of rotatable bonds is 4. The fraction of sp³-hybridized carbons (Fsp3) is 0.375. The Kier molecular flexibility index (Phi) is 5.33. The van der Waals surface area contributed by atoms with Crippen LogP contribution >= 0.6 is 0 Å². The quantitative estimate of drug-likeness (QED) is 0.820. The van der Waals surface area contributed by atoms with E-state index in [1.165, 1.54) is 0 Å².